The van der Waals surface area contributed by atoms with Gasteiger partial charge in [0, 0.05) is 18.8 Å². The fraction of sp³-hybridized carbons (Fsp3) is 0.526. The van der Waals surface area contributed by atoms with Gasteiger partial charge in [-0.2, -0.15) is 18.2 Å². The van der Waals surface area contributed by atoms with E-state index in [2.05, 4.69) is 33.0 Å². The Hall–Kier alpha value is -1.04. The van der Waals surface area contributed by atoms with Crippen molar-refractivity contribution in [3.8, 4) is 0 Å². The van der Waals surface area contributed by atoms with E-state index in [1.807, 2.05) is 0 Å². The van der Waals surface area contributed by atoms with Gasteiger partial charge in [-0.25, -0.2) is 0 Å². The topological polar surface area (TPSA) is 44.8 Å². The Morgan fingerprint density at radius 1 is 1.31 bits per heavy atom. The van der Waals surface area contributed by atoms with E-state index in [0.29, 0.717) is 19.5 Å². The zero-order valence-electron chi connectivity index (χ0n) is 15.4. The molecule has 0 aromatic heterocycles. The molecule has 1 aromatic carbocycles. The van der Waals surface area contributed by atoms with Crippen LogP contribution in [0.1, 0.15) is 41.6 Å². The van der Waals surface area contributed by atoms with Crippen LogP contribution in [-0.4, -0.2) is 45.8 Å². The summed E-state index contributed by atoms with van der Waals surface area (Å²) in [6, 6.07) is 3.44. The van der Waals surface area contributed by atoms with Crippen LogP contribution < -0.4 is 5.43 Å². The van der Waals surface area contributed by atoms with Gasteiger partial charge in [-0.05, 0) is 43.4 Å². The van der Waals surface area contributed by atoms with E-state index in [4.69, 9.17) is 16.3 Å². The first-order valence-electron chi connectivity index (χ1n) is 9.45. The van der Waals surface area contributed by atoms with Crippen LogP contribution in [0.4, 0.5) is 13.2 Å². The molecule has 3 heterocycles. The van der Waals surface area contributed by atoms with Crippen molar-refractivity contribution in [1.82, 2.24) is 15.3 Å². The normalized spacial score (nSPS) is 25.8. The Labute approximate surface area is 185 Å². The molecule has 0 radical (unpaired) electrons. The van der Waals surface area contributed by atoms with Crippen molar-refractivity contribution in [3.05, 3.63) is 45.6 Å². The van der Waals surface area contributed by atoms with Crippen molar-refractivity contribution in [2.24, 2.45) is 0 Å². The zero-order chi connectivity index (χ0) is 20.8. The lowest BCUT2D eigenvalue weighted by Crippen LogP contribution is -2.48. The number of halogens is 5. The number of ether oxygens (including phenoxy) is 1. The van der Waals surface area contributed by atoms with Gasteiger partial charge in [-0.1, -0.05) is 40.3 Å². The molecular weight excluding hydrogens is 522 g/mol. The Bertz CT molecular complexity index is 842. The molecule has 0 spiro atoms. The molecule has 0 aliphatic carbocycles. The highest BCUT2D eigenvalue weighted by Gasteiger charge is 2.40. The molecule has 2 atom stereocenters. The van der Waals surface area contributed by atoms with Crippen molar-refractivity contribution in [2.45, 2.75) is 42.1 Å². The summed E-state index contributed by atoms with van der Waals surface area (Å²) in [6.07, 6.45) is -0.860. The van der Waals surface area contributed by atoms with Crippen LogP contribution in [0.25, 0.3) is 0 Å². The number of hydrogen-bond acceptors (Lipinski definition) is 4. The number of nitrogens with zero attached hydrogens (tertiary/aromatic N) is 2. The molecule has 1 amide bonds. The molecule has 5 nitrogen and oxygen atoms in total. The SMILES string of the molecule is O=C(c1cccc(C(F)(F)F)c1Cl)N1CCC2=C(C1)NN(C1CCCCO1)C2I. The second-order valence-electron chi connectivity index (χ2n) is 7.32. The van der Waals surface area contributed by atoms with Crippen LogP contribution >= 0.6 is 34.2 Å². The van der Waals surface area contributed by atoms with Gasteiger partial charge in [-0.3, -0.25) is 4.79 Å². The summed E-state index contributed by atoms with van der Waals surface area (Å²) in [7, 11) is 0. The maximum absolute atomic E-state index is 13.1. The van der Waals surface area contributed by atoms with Crippen molar-refractivity contribution < 1.29 is 22.7 Å². The molecule has 1 aromatic rings. The molecule has 3 aliphatic heterocycles. The fourth-order valence-electron chi connectivity index (χ4n) is 3.95. The second kappa shape index (κ2) is 8.24. The smallest absolute Gasteiger partial charge is 0.361 e. The quantitative estimate of drug-likeness (QED) is 0.339. The van der Waals surface area contributed by atoms with Crippen LogP contribution in [0.15, 0.2) is 29.5 Å². The lowest BCUT2D eigenvalue weighted by Gasteiger charge is -2.33. The third kappa shape index (κ3) is 4.11. The molecular formula is C19H20ClF3IN3O2. The number of hydrogen-bond donors (Lipinski definition) is 1. The van der Waals surface area contributed by atoms with E-state index in [1.165, 1.54) is 17.7 Å². The number of benzene rings is 1. The molecule has 29 heavy (non-hydrogen) atoms. The summed E-state index contributed by atoms with van der Waals surface area (Å²) >= 11 is 8.31. The minimum atomic E-state index is -4.60. The number of hydrazine groups is 1. The Kier molecular flexibility index (Phi) is 6.02. The number of amides is 1. The highest BCUT2D eigenvalue weighted by molar-refractivity contribution is 14.1. The minimum absolute atomic E-state index is 0.0155. The van der Waals surface area contributed by atoms with E-state index in [0.717, 1.165) is 37.6 Å². The van der Waals surface area contributed by atoms with Crippen LogP contribution in [0.5, 0.6) is 0 Å². The second-order valence-corrected chi connectivity index (χ2v) is 8.88. The van der Waals surface area contributed by atoms with Crippen molar-refractivity contribution in [3.63, 3.8) is 0 Å². The fourth-order valence-corrected chi connectivity index (χ4v) is 5.45. The molecule has 4 rings (SSSR count). The van der Waals surface area contributed by atoms with E-state index >= 15 is 0 Å². The first-order valence-corrected chi connectivity index (χ1v) is 11.1. The monoisotopic (exact) mass is 541 g/mol. The number of carbonyl (C=O) groups is 1. The number of alkyl halides is 4. The molecule has 2 unspecified atom stereocenters. The lowest BCUT2D eigenvalue weighted by molar-refractivity contribution is -0.137. The Balaban J connectivity index is 1.50. The van der Waals surface area contributed by atoms with Gasteiger partial charge < -0.3 is 15.1 Å². The highest BCUT2D eigenvalue weighted by Crippen LogP contribution is 2.38. The molecule has 0 saturated carbocycles. The Morgan fingerprint density at radius 2 is 2.10 bits per heavy atom. The molecule has 1 N–H and O–H groups in total. The molecule has 1 fully saturated rings. The Morgan fingerprint density at radius 3 is 2.79 bits per heavy atom. The predicted molar refractivity (Wildman–Crippen MR) is 110 cm³/mol. The molecule has 10 heteroatoms. The summed E-state index contributed by atoms with van der Waals surface area (Å²) in [5, 5.41) is 1.53. The summed E-state index contributed by atoms with van der Waals surface area (Å²) in [5.41, 5.74) is 4.38. The van der Waals surface area contributed by atoms with Crippen molar-refractivity contribution in [1.29, 1.82) is 0 Å². The summed E-state index contributed by atoms with van der Waals surface area (Å²) in [6.45, 7) is 1.48. The largest absolute Gasteiger partial charge is 0.417 e. The van der Waals surface area contributed by atoms with Crippen molar-refractivity contribution >= 4 is 40.1 Å². The van der Waals surface area contributed by atoms with Crippen LogP contribution in [0.3, 0.4) is 0 Å². The van der Waals surface area contributed by atoms with Crippen LogP contribution in [0, 0.1) is 0 Å². The maximum Gasteiger partial charge on any atom is 0.417 e. The number of nitrogens with one attached hydrogen (secondary N) is 1. The minimum Gasteiger partial charge on any atom is -0.361 e. The van der Waals surface area contributed by atoms with E-state index in [1.54, 1.807) is 4.90 Å². The van der Waals surface area contributed by atoms with Crippen molar-refractivity contribution in [2.75, 3.05) is 19.7 Å². The highest BCUT2D eigenvalue weighted by atomic mass is 127. The van der Waals surface area contributed by atoms with Crippen LogP contribution in [0.2, 0.25) is 5.02 Å². The van der Waals surface area contributed by atoms with Gasteiger partial charge in [-0.15, -0.1) is 0 Å². The van der Waals surface area contributed by atoms with Gasteiger partial charge in [0.15, 0.2) is 0 Å². The number of rotatable bonds is 2. The maximum atomic E-state index is 13.1. The summed E-state index contributed by atoms with van der Waals surface area (Å²) in [4.78, 5) is 14.5. The third-order valence-corrected chi connectivity index (χ3v) is 7.23. The van der Waals surface area contributed by atoms with Gasteiger partial charge in [0.05, 0.1) is 22.7 Å². The average molecular weight is 542 g/mol. The molecule has 158 valence electrons. The van der Waals surface area contributed by atoms with Gasteiger partial charge in [0.2, 0.25) is 0 Å². The molecule has 1 saturated heterocycles. The van der Waals surface area contributed by atoms with Crippen LogP contribution in [-0.2, 0) is 10.9 Å². The van der Waals surface area contributed by atoms with E-state index in [-0.39, 0.29) is 15.8 Å². The predicted octanol–water partition coefficient (Wildman–Crippen LogP) is 4.57. The van der Waals surface area contributed by atoms with E-state index < -0.39 is 22.7 Å². The summed E-state index contributed by atoms with van der Waals surface area (Å²) < 4.78 is 45.4. The van der Waals surface area contributed by atoms with Gasteiger partial charge in [0.25, 0.3) is 5.91 Å². The third-order valence-electron chi connectivity index (χ3n) is 5.47. The van der Waals surface area contributed by atoms with E-state index in [9.17, 15) is 18.0 Å². The number of carbonyl (C=O) groups excluding carboxylic acids is 1. The average Bonchev–Trinajstić information content (AvgIpc) is 3.03. The zero-order valence-corrected chi connectivity index (χ0v) is 18.4. The van der Waals surface area contributed by atoms with Gasteiger partial charge >= 0.3 is 6.18 Å². The van der Waals surface area contributed by atoms with Gasteiger partial charge in [0.1, 0.15) is 10.3 Å². The lowest BCUT2D eigenvalue weighted by atomic mass is 10.0. The first kappa shape index (κ1) is 21.2. The molecule has 3 aliphatic rings. The molecule has 0 bridgehead atoms. The summed E-state index contributed by atoms with van der Waals surface area (Å²) in [5.74, 6) is -0.494. The first-order chi connectivity index (χ1) is 13.8. The standard InChI is InChI=1S/C19H20ClF3IN3O2/c20-16-12(4-3-5-13(16)19(21,22)23)18(28)26-8-7-11-14(10-26)25-27(17(11)24)15-6-1-2-9-29-15/h3-5,15,17,25H,1-2,6-10H2.